The Morgan fingerprint density at radius 2 is 2.26 bits per heavy atom. The number of aromatic nitrogens is 3. The predicted octanol–water partition coefficient (Wildman–Crippen LogP) is 2.61. The summed E-state index contributed by atoms with van der Waals surface area (Å²) in [5.41, 5.74) is 2.53. The van der Waals surface area contributed by atoms with E-state index in [0.29, 0.717) is 10.5 Å². The van der Waals surface area contributed by atoms with E-state index in [4.69, 9.17) is 17.0 Å². The molecule has 0 radical (unpaired) electrons. The second kappa shape index (κ2) is 4.47. The standard InChI is InChI=1S/C13H11N3O2S/c1-8(17)18-7-9-6-12-10-4-2-3-5-11(10)14-13(19)16(12)15-9/h2-6H,7H2,1H3,(H,14,19). The fourth-order valence-corrected chi connectivity index (χ4v) is 2.26. The fraction of sp³-hybridized carbons (Fsp3) is 0.154. The van der Waals surface area contributed by atoms with E-state index in [1.807, 2.05) is 30.3 Å². The lowest BCUT2D eigenvalue weighted by Gasteiger charge is -2.00. The number of fused-ring (bicyclic) bond motifs is 3. The summed E-state index contributed by atoms with van der Waals surface area (Å²) >= 11 is 5.27. The molecule has 2 heterocycles. The number of carbonyl (C=O) groups is 1. The van der Waals surface area contributed by atoms with Crippen LogP contribution in [0.5, 0.6) is 0 Å². The van der Waals surface area contributed by atoms with E-state index >= 15 is 0 Å². The second-order valence-corrected chi connectivity index (χ2v) is 4.58. The van der Waals surface area contributed by atoms with Crippen LogP contribution in [0.2, 0.25) is 0 Å². The number of hydrogen-bond donors (Lipinski definition) is 1. The van der Waals surface area contributed by atoms with Gasteiger partial charge < -0.3 is 9.72 Å². The summed E-state index contributed by atoms with van der Waals surface area (Å²) in [5, 5.41) is 5.36. The van der Waals surface area contributed by atoms with Crippen LogP contribution in [0.3, 0.4) is 0 Å². The van der Waals surface area contributed by atoms with Crippen LogP contribution in [-0.2, 0) is 16.1 Å². The second-order valence-electron chi connectivity index (χ2n) is 4.19. The first kappa shape index (κ1) is 11.9. The molecule has 6 heteroatoms. The minimum absolute atomic E-state index is 0.153. The maximum absolute atomic E-state index is 10.8. The van der Waals surface area contributed by atoms with Gasteiger partial charge in [-0.2, -0.15) is 5.10 Å². The van der Waals surface area contributed by atoms with Crippen molar-refractivity contribution >= 4 is 34.6 Å². The van der Waals surface area contributed by atoms with Crippen molar-refractivity contribution in [2.75, 3.05) is 0 Å². The van der Waals surface area contributed by atoms with Crippen molar-refractivity contribution in [3.63, 3.8) is 0 Å². The first-order chi connectivity index (χ1) is 9.15. The molecule has 0 saturated heterocycles. The summed E-state index contributed by atoms with van der Waals surface area (Å²) < 4.78 is 7.12. The number of benzene rings is 1. The Balaban J connectivity index is 2.21. The van der Waals surface area contributed by atoms with Crippen LogP contribution in [0.4, 0.5) is 0 Å². The van der Waals surface area contributed by atoms with E-state index in [1.165, 1.54) is 6.92 Å². The molecule has 3 rings (SSSR count). The highest BCUT2D eigenvalue weighted by Gasteiger charge is 2.08. The zero-order valence-corrected chi connectivity index (χ0v) is 11.0. The number of esters is 1. The average molecular weight is 273 g/mol. The molecule has 2 aromatic heterocycles. The monoisotopic (exact) mass is 273 g/mol. The van der Waals surface area contributed by atoms with Crippen LogP contribution >= 0.6 is 12.2 Å². The maximum atomic E-state index is 10.8. The van der Waals surface area contributed by atoms with Gasteiger partial charge in [-0.25, -0.2) is 4.52 Å². The van der Waals surface area contributed by atoms with Crippen LogP contribution in [-0.4, -0.2) is 20.6 Å². The minimum Gasteiger partial charge on any atom is -0.459 e. The van der Waals surface area contributed by atoms with Crippen molar-refractivity contribution in [2.24, 2.45) is 0 Å². The first-order valence-electron chi connectivity index (χ1n) is 5.78. The van der Waals surface area contributed by atoms with Gasteiger partial charge in [0, 0.05) is 17.8 Å². The minimum atomic E-state index is -0.327. The molecule has 0 aliphatic heterocycles. The van der Waals surface area contributed by atoms with Crippen molar-refractivity contribution in [3.8, 4) is 0 Å². The lowest BCUT2D eigenvalue weighted by Crippen LogP contribution is -2.00. The van der Waals surface area contributed by atoms with Gasteiger partial charge in [0.15, 0.2) is 4.77 Å². The van der Waals surface area contributed by atoms with E-state index in [2.05, 4.69) is 10.1 Å². The number of ether oxygens (including phenoxy) is 1. The molecule has 0 bridgehead atoms. The molecule has 0 saturated carbocycles. The van der Waals surface area contributed by atoms with Gasteiger partial charge in [0.05, 0.1) is 5.52 Å². The molecule has 0 atom stereocenters. The van der Waals surface area contributed by atoms with Crippen LogP contribution in [0, 0.1) is 4.77 Å². The summed E-state index contributed by atoms with van der Waals surface area (Å²) in [4.78, 5) is 13.9. The van der Waals surface area contributed by atoms with Gasteiger partial charge >= 0.3 is 5.97 Å². The number of nitrogens with one attached hydrogen (secondary N) is 1. The SMILES string of the molecule is CC(=O)OCc1cc2c3ccccc3[nH]c(=S)n2n1. The average Bonchev–Trinajstić information content (AvgIpc) is 2.81. The van der Waals surface area contributed by atoms with E-state index in [-0.39, 0.29) is 12.6 Å². The summed E-state index contributed by atoms with van der Waals surface area (Å²) in [6, 6.07) is 9.74. The number of nitrogens with zero attached hydrogens (tertiary/aromatic N) is 2. The molecule has 1 N–H and O–H groups in total. The van der Waals surface area contributed by atoms with Gasteiger partial charge in [0.2, 0.25) is 0 Å². The fourth-order valence-electron chi connectivity index (χ4n) is 2.01. The summed E-state index contributed by atoms with van der Waals surface area (Å²) in [6.07, 6.45) is 0. The molecule has 96 valence electrons. The lowest BCUT2D eigenvalue weighted by atomic mass is 10.2. The van der Waals surface area contributed by atoms with Crippen molar-refractivity contribution < 1.29 is 9.53 Å². The van der Waals surface area contributed by atoms with Gasteiger partial charge in [-0.1, -0.05) is 18.2 Å². The van der Waals surface area contributed by atoms with Gasteiger partial charge in [0.1, 0.15) is 12.3 Å². The van der Waals surface area contributed by atoms with E-state index in [9.17, 15) is 4.79 Å². The Bertz CT molecular complexity index is 835. The highest BCUT2D eigenvalue weighted by molar-refractivity contribution is 7.71. The zero-order valence-electron chi connectivity index (χ0n) is 10.2. The summed E-state index contributed by atoms with van der Waals surface area (Å²) in [6.45, 7) is 1.53. The lowest BCUT2D eigenvalue weighted by molar-refractivity contribution is -0.142. The van der Waals surface area contributed by atoms with Gasteiger partial charge in [-0.05, 0) is 24.4 Å². The third-order valence-corrected chi connectivity index (χ3v) is 3.10. The van der Waals surface area contributed by atoms with Crippen LogP contribution in [0.1, 0.15) is 12.6 Å². The first-order valence-corrected chi connectivity index (χ1v) is 6.19. The van der Waals surface area contributed by atoms with Gasteiger partial charge in [-0.3, -0.25) is 4.79 Å². The third-order valence-electron chi connectivity index (χ3n) is 2.82. The number of H-pyrrole nitrogens is 1. The van der Waals surface area contributed by atoms with Crippen molar-refractivity contribution in [1.82, 2.24) is 14.6 Å². The quantitative estimate of drug-likeness (QED) is 0.576. The third kappa shape index (κ3) is 2.10. The molecule has 1 aromatic carbocycles. The number of para-hydroxylation sites is 1. The molecule has 0 amide bonds. The Morgan fingerprint density at radius 3 is 3.05 bits per heavy atom. The molecular weight excluding hydrogens is 262 g/mol. The molecular formula is C13H11N3O2S. The largest absolute Gasteiger partial charge is 0.459 e. The molecule has 3 aromatic rings. The topological polar surface area (TPSA) is 59.4 Å². The highest BCUT2D eigenvalue weighted by atomic mass is 32.1. The predicted molar refractivity (Wildman–Crippen MR) is 73.4 cm³/mol. The molecule has 0 unspecified atom stereocenters. The number of carbonyl (C=O) groups excluding carboxylic acids is 1. The Kier molecular flexibility index (Phi) is 2.79. The normalized spacial score (nSPS) is 11.0. The van der Waals surface area contributed by atoms with Crippen molar-refractivity contribution in [2.45, 2.75) is 13.5 Å². The van der Waals surface area contributed by atoms with Crippen molar-refractivity contribution in [3.05, 3.63) is 40.8 Å². The van der Waals surface area contributed by atoms with Gasteiger partial charge in [0.25, 0.3) is 0 Å². The molecule has 0 fully saturated rings. The number of rotatable bonds is 2. The maximum Gasteiger partial charge on any atom is 0.303 e. The summed E-state index contributed by atoms with van der Waals surface area (Å²) in [5.74, 6) is -0.327. The number of hydrogen-bond acceptors (Lipinski definition) is 4. The molecule has 5 nitrogen and oxygen atoms in total. The molecule has 19 heavy (non-hydrogen) atoms. The van der Waals surface area contributed by atoms with Crippen LogP contribution in [0.15, 0.2) is 30.3 Å². The summed E-state index contributed by atoms with van der Waals surface area (Å²) in [7, 11) is 0. The van der Waals surface area contributed by atoms with E-state index in [1.54, 1.807) is 4.52 Å². The van der Waals surface area contributed by atoms with Crippen molar-refractivity contribution in [1.29, 1.82) is 0 Å². The van der Waals surface area contributed by atoms with Crippen LogP contribution < -0.4 is 0 Å². The molecule has 0 aliphatic carbocycles. The van der Waals surface area contributed by atoms with Crippen LogP contribution in [0.25, 0.3) is 16.4 Å². The van der Waals surface area contributed by atoms with E-state index in [0.717, 1.165) is 16.4 Å². The molecule has 0 aliphatic rings. The zero-order chi connectivity index (χ0) is 13.4. The number of aromatic amines is 1. The smallest absolute Gasteiger partial charge is 0.303 e. The Labute approximate surface area is 113 Å². The Morgan fingerprint density at radius 1 is 1.47 bits per heavy atom. The van der Waals surface area contributed by atoms with Gasteiger partial charge in [-0.15, -0.1) is 0 Å². The molecule has 0 spiro atoms. The van der Waals surface area contributed by atoms with E-state index < -0.39 is 0 Å². The highest BCUT2D eigenvalue weighted by Crippen LogP contribution is 2.19. The Hall–Kier alpha value is -2.21.